The number of benzene rings is 1. The lowest BCUT2D eigenvalue weighted by atomic mass is 10.2. The molecule has 2 aromatic rings. The Morgan fingerprint density at radius 1 is 1.19 bits per heavy atom. The minimum atomic E-state index is -2.53. The van der Waals surface area contributed by atoms with E-state index >= 15 is 0 Å². The molecule has 2 rings (SSSR count). The van der Waals surface area contributed by atoms with Crippen LogP contribution in [0.5, 0.6) is 0 Å². The van der Waals surface area contributed by atoms with Crippen LogP contribution in [0, 0.1) is 0 Å². The predicted molar refractivity (Wildman–Crippen MR) is 77.2 cm³/mol. The Balaban J connectivity index is 2.37. The van der Waals surface area contributed by atoms with Gasteiger partial charge in [-0.2, -0.15) is 0 Å². The molecule has 0 radical (unpaired) electrons. The highest BCUT2D eigenvalue weighted by Crippen LogP contribution is 2.21. The molecule has 7 heteroatoms. The number of alkyl halides is 2. The monoisotopic (exact) mass is 294 g/mol. The molecule has 0 aliphatic heterocycles. The van der Waals surface area contributed by atoms with E-state index in [1.807, 2.05) is 30.3 Å². The van der Waals surface area contributed by atoms with Gasteiger partial charge in [0, 0.05) is 18.2 Å². The van der Waals surface area contributed by atoms with Crippen LogP contribution in [0.3, 0.4) is 0 Å². The lowest BCUT2D eigenvalue weighted by molar-refractivity contribution is 0.152. The summed E-state index contributed by atoms with van der Waals surface area (Å²) in [6.45, 7) is -0.725. The molecule has 1 heterocycles. The molecule has 21 heavy (non-hydrogen) atoms. The van der Waals surface area contributed by atoms with Gasteiger partial charge in [0.2, 0.25) is 0 Å². The van der Waals surface area contributed by atoms with Gasteiger partial charge < -0.3 is 15.7 Å². The van der Waals surface area contributed by atoms with Crippen molar-refractivity contribution in [1.82, 2.24) is 9.97 Å². The van der Waals surface area contributed by atoms with Gasteiger partial charge in [0.15, 0.2) is 5.82 Å². The molecule has 0 fully saturated rings. The summed E-state index contributed by atoms with van der Waals surface area (Å²) in [4.78, 5) is 9.67. The van der Waals surface area contributed by atoms with Crippen LogP contribution in [0.25, 0.3) is 11.4 Å². The minimum Gasteiger partial charge on any atom is -0.395 e. The Labute approximate surface area is 121 Å². The molecule has 0 spiro atoms. The highest BCUT2D eigenvalue weighted by atomic mass is 19.3. The summed E-state index contributed by atoms with van der Waals surface area (Å²) in [5.41, 5.74) is 6.48. The summed E-state index contributed by atoms with van der Waals surface area (Å²) in [6, 6.07) is 10.5. The summed E-state index contributed by atoms with van der Waals surface area (Å²) in [7, 11) is 0. The van der Waals surface area contributed by atoms with Gasteiger partial charge in [-0.25, -0.2) is 18.7 Å². The van der Waals surface area contributed by atoms with Crippen LogP contribution in [-0.4, -0.2) is 41.2 Å². The van der Waals surface area contributed by atoms with E-state index in [1.54, 1.807) is 0 Å². The fourth-order valence-corrected chi connectivity index (χ4v) is 1.92. The molecule has 0 amide bonds. The van der Waals surface area contributed by atoms with Crippen molar-refractivity contribution in [3.63, 3.8) is 0 Å². The maximum absolute atomic E-state index is 12.6. The number of hydrogen-bond acceptors (Lipinski definition) is 5. The quantitative estimate of drug-likeness (QED) is 0.849. The van der Waals surface area contributed by atoms with E-state index in [-0.39, 0.29) is 24.8 Å². The third-order valence-corrected chi connectivity index (χ3v) is 2.82. The number of anilines is 2. The van der Waals surface area contributed by atoms with Crippen molar-refractivity contribution < 1.29 is 13.9 Å². The van der Waals surface area contributed by atoms with Gasteiger partial charge in [-0.3, -0.25) is 0 Å². The number of nitrogen functional groups attached to an aromatic ring is 1. The molecule has 0 bridgehead atoms. The molecule has 0 atom stereocenters. The smallest absolute Gasteiger partial charge is 0.255 e. The zero-order valence-electron chi connectivity index (χ0n) is 11.3. The van der Waals surface area contributed by atoms with Crippen molar-refractivity contribution in [2.24, 2.45) is 0 Å². The average Bonchev–Trinajstić information content (AvgIpc) is 2.47. The van der Waals surface area contributed by atoms with Crippen molar-refractivity contribution in [1.29, 1.82) is 0 Å². The number of nitrogens with two attached hydrogens (primary N) is 1. The normalized spacial score (nSPS) is 10.9. The number of rotatable bonds is 6. The summed E-state index contributed by atoms with van der Waals surface area (Å²) >= 11 is 0. The Hall–Kier alpha value is -2.28. The molecule has 0 aliphatic rings. The molecule has 112 valence electrons. The zero-order chi connectivity index (χ0) is 15.2. The average molecular weight is 294 g/mol. The van der Waals surface area contributed by atoms with Crippen molar-refractivity contribution >= 4 is 11.6 Å². The van der Waals surface area contributed by atoms with E-state index in [9.17, 15) is 8.78 Å². The third kappa shape index (κ3) is 4.09. The standard InChI is InChI=1S/C14H16F2N4O/c15-11(16)9-20(6-7-21)13-8-12(17)18-14(19-13)10-4-2-1-3-5-10/h1-5,8,11,21H,6-7,9H2,(H2,17,18,19). The molecule has 0 aliphatic carbocycles. The van der Waals surface area contributed by atoms with Gasteiger partial charge >= 0.3 is 0 Å². The number of halogens is 2. The molecular formula is C14H16F2N4O. The zero-order valence-corrected chi connectivity index (χ0v) is 11.3. The van der Waals surface area contributed by atoms with Crippen LogP contribution in [0.4, 0.5) is 20.4 Å². The lowest BCUT2D eigenvalue weighted by Crippen LogP contribution is -2.32. The van der Waals surface area contributed by atoms with E-state index < -0.39 is 13.0 Å². The molecule has 1 aromatic carbocycles. The largest absolute Gasteiger partial charge is 0.395 e. The Morgan fingerprint density at radius 3 is 2.52 bits per heavy atom. The highest BCUT2D eigenvalue weighted by molar-refractivity contribution is 5.60. The second-order valence-corrected chi connectivity index (χ2v) is 4.40. The maximum atomic E-state index is 12.6. The van der Waals surface area contributed by atoms with Gasteiger partial charge in [-0.1, -0.05) is 30.3 Å². The number of hydrogen-bond donors (Lipinski definition) is 2. The van der Waals surface area contributed by atoms with E-state index in [0.717, 1.165) is 5.56 Å². The maximum Gasteiger partial charge on any atom is 0.255 e. The molecule has 1 aromatic heterocycles. The first kappa shape index (κ1) is 15.1. The van der Waals surface area contributed by atoms with Crippen LogP contribution in [-0.2, 0) is 0 Å². The van der Waals surface area contributed by atoms with E-state index in [0.29, 0.717) is 5.82 Å². The van der Waals surface area contributed by atoms with E-state index in [2.05, 4.69) is 9.97 Å². The summed E-state index contributed by atoms with van der Waals surface area (Å²) in [5.74, 6) is 0.828. The fourth-order valence-electron chi connectivity index (χ4n) is 1.92. The number of aromatic nitrogens is 2. The Kier molecular flexibility index (Phi) is 4.99. The number of aliphatic hydroxyl groups is 1. The van der Waals surface area contributed by atoms with Gasteiger partial charge in [-0.05, 0) is 0 Å². The second kappa shape index (κ2) is 6.94. The van der Waals surface area contributed by atoms with Crippen molar-refractivity contribution in [2.45, 2.75) is 6.43 Å². The number of aliphatic hydroxyl groups excluding tert-OH is 1. The van der Waals surface area contributed by atoms with E-state index in [1.165, 1.54) is 11.0 Å². The van der Waals surface area contributed by atoms with Crippen LogP contribution in [0.15, 0.2) is 36.4 Å². The summed E-state index contributed by atoms with van der Waals surface area (Å²) in [5, 5.41) is 9.01. The van der Waals surface area contributed by atoms with Crippen LogP contribution < -0.4 is 10.6 Å². The fraction of sp³-hybridized carbons (Fsp3) is 0.286. The molecule has 0 saturated heterocycles. The van der Waals surface area contributed by atoms with Gasteiger partial charge in [0.1, 0.15) is 11.6 Å². The van der Waals surface area contributed by atoms with Gasteiger partial charge in [0.25, 0.3) is 6.43 Å². The van der Waals surface area contributed by atoms with Crippen molar-refractivity contribution in [3.05, 3.63) is 36.4 Å². The number of nitrogens with zero attached hydrogens (tertiary/aromatic N) is 3. The topological polar surface area (TPSA) is 75.3 Å². The van der Waals surface area contributed by atoms with Gasteiger partial charge in [0.05, 0.1) is 13.2 Å². The first-order valence-corrected chi connectivity index (χ1v) is 6.44. The Morgan fingerprint density at radius 2 is 1.90 bits per heavy atom. The predicted octanol–water partition coefficient (Wildman–Crippen LogP) is 1.79. The van der Waals surface area contributed by atoms with Gasteiger partial charge in [-0.15, -0.1) is 0 Å². The van der Waals surface area contributed by atoms with E-state index in [4.69, 9.17) is 10.8 Å². The molecule has 0 saturated carbocycles. The lowest BCUT2D eigenvalue weighted by Gasteiger charge is -2.22. The molecule has 3 N–H and O–H groups in total. The summed E-state index contributed by atoms with van der Waals surface area (Å²) in [6.07, 6.45) is -2.53. The highest BCUT2D eigenvalue weighted by Gasteiger charge is 2.15. The first-order chi connectivity index (χ1) is 10.1. The molecular weight excluding hydrogens is 278 g/mol. The molecule has 5 nitrogen and oxygen atoms in total. The van der Waals surface area contributed by atoms with Crippen LogP contribution in [0.2, 0.25) is 0 Å². The minimum absolute atomic E-state index is 0.0506. The van der Waals surface area contributed by atoms with Crippen molar-refractivity contribution in [3.8, 4) is 11.4 Å². The Bertz CT molecular complexity index is 580. The first-order valence-electron chi connectivity index (χ1n) is 6.44. The van der Waals surface area contributed by atoms with Crippen molar-refractivity contribution in [2.75, 3.05) is 30.3 Å². The SMILES string of the molecule is Nc1cc(N(CCO)CC(F)F)nc(-c2ccccc2)n1. The third-order valence-electron chi connectivity index (χ3n) is 2.82. The summed E-state index contributed by atoms with van der Waals surface area (Å²) < 4.78 is 25.2. The second-order valence-electron chi connectivity index (χ2n) is 4.40. The molecule has 0 unspecified atom stereocenters. The van der Waals surface area contributed by atoms with Crippen LogP contribution >= 0.6 is 0 Å². The van der Waals surface area contributed by atoms with Crippen LogP contribution in [0.1, 0.15) is 0 Å².